The van der Waals surface area contributed by atoms with Gasteiger partial charge < -0.3 is 15.7 Å². The third kappa shape index (κ3) is 3.34. The number of aliphatic hydroxyl groups is 1. The second kappa shape index (κ2) is 5.09. The minimum absolute atomic E-state index is 0.00764. The Morgan fingerprint density at radius 1 is 1.73 bits per heavy atom. The molecule has 66 valence electrons. The molecule has 0 aromatic carbocycles. The lowest BCUT2D eigenvalue weighted by molar-refractivity contribution is -0.132. The summed E-state index contributed by atoms with van der Waals surface area (Å²) < 4.78 is 0. The van der Waals surface area contributed by atoms with Crippen LogP contribution in [0.5, 0.6) is 0 Å². The van der Waals surface area contributed by atoms with Crippen LogP contribution in [-0.4, -0.2) is 41.7 Å². The number of hydrogen-bond donors (Lipinski definition) is 2. The van der Waals surface area contributed by atoms with Crippen molar-refractivity contribution in [1.82, 2.24) is 4.90 Å². The zero-order valence-corrected chi connectivity index (χ0v) is 7.08. The first-order valence-electron chi connectivity index (χ1n) is 3.78. The summed E-state index contributed by atoms with van der Waals surface area (Å²) in [6, 6.07) is -0.471. The number of aliphatic hydroxyl groups excluding tert-OH is 1. The van der Waals surface area contributed by atoms with E-state index in [4.69, 9.17) is 10.8 Å². The van der Waals surface area contributed by atoms with Gasteiger partial charge >= 0.3 is 0 Å². The van der Waals surface area contributed by atoms with Crippen LogP contribution in [0.2, 0.25) is 0 Å². The average molecular weight is 160 g/mol. The van der Waals surface area contributed by atoms with Gasteiger partial charge in [-0.2, -0.15) is 0 Å². The fraction of sp³-hybridized carbons (Fsp3) is 0.857. The molecule has 0 aliphatic heterocycles. The van der Waals surface area contributed by atoms with Gasteiger partial charge in [0.1, 0.15) is 0 Å². The third-order valence-corrected chi connectivity index (χ3v) is 1.45. The molecule has 11 heavy (non-hydrogen) atoms. The summed E-state index contributed by atoms with van der Waals surface area (Å²) in [6.07, 6.45) is 0. The van der Waals surface area contributed by atoms with Crippen LogP contribution in [0.25, 0.3) is 0 Å². The van der Waals surface area contributed by atoms with Crippen molar-refractivity contribution < 1.29 is 9.90 Å². The Labute approximate surface area is 67.0 Å². The molecule has 0 bridgehead atoms. The number of nitrogens with zero attached hydrogens (tertiary/aromatic N) is 1. The van der Waals surface area contributed by atoms with Crippen LogP contribution < -0.4 is 5.73 Å². The van der Waals surface area contributed by atoms with E-state index in [1.807, 2.05) is 6.92 Å². The van der Waals surface area contributed by atoms with Gasteiger partial charge in [-0.1, -0.05) is 0 Å². The Hall–Kier alpha value is -0.610. The Morgan fingerprint density at radius 3 is 2.55 bits per heavy atom. The number of amides is 1. The summed E-state index contributed by atoms with van der Waals surface area (Å²) in [7, 11) is 0. The standard InChI is InChI=1S/C7H16N2O2/c1-3-9(4-5-10)7(11)6(2)8/h6,10H,3-5,8H2,1-2H3/t6-/m1/s1. The molecule has 0 saturated heterocycles. The van der Waals surface area contributed by atoms with Gasteiger partial charge in [0.25, 0.3) is 0 Å². The van der Waals surface area contributed by atoms with Gasteiger partial charge in [-0.15, -0.1) is 0 Å². The molecule has 0 saturated carbocycles. The van der Waals surface area contributed by atoms with Gasteiger partial charge in [-0.3, -0.25) is 4.79 Å². The quantitative estimate of drug-likeness (QED) is 0.564. The Bertz CT molecular complexity index is 126. The molecule has 1 amide bonds. The van der Waals surface area contributed by atoms with E-state index >= 15 is 0 Å². The lowest BCUT2D eigenvalue weighted by Gasteiger charge is -2.21. The lowest BCUT2D eigenvalue weighted by atomic mass is 10.3. The summed E-state index contributed by atoms with van der Waals surface area (Å²) in [5, 5.41) is 8.56. The average Bonchev–Trinajstić information content (AvgIpc) is 1.98. The van der Waals surface area contributed by atoms with Crippen LogP contribution in [0.4, 0.5) is 0 Å². The topological polar surface area (TPSA) is 66.6 Å². The summed E-state index contributed by atoms with van der Waals surface area (Å²) in [4.78, 5) is 12.7. The second-order valence-electron chi connectivity index (χ2n) is 2.43. The minimum Gasteiger partial charge on any atom is -0.395 e. The normalized spacial score (nSPS) is 12.7. The summed E-state index contributed by atoms with van der Waals surface area (Å²) in [5.41, 5.74) is 5.37. The van der Waals surface area contributed by atoms with Gasteiger partial charge in [0.2, 0.25) is 5.91 Å². The molecule has 0 aliphatic carbocycles. The number of carbonyl (C=O) groups is 1. The Kier molecular flexibility index (Phi) is 4.81. The molecule has 0 aliphatic rings. The monoisotopic (exact) mass is 160 g/mol. The molecule has 4 nitrogen and oxygen atoms in total. The molecule has 0 unspecified atom stereocenters. The number of carbonyl (C=O) groups excluding carboxylic acids is 1. The van der Waals surface area contributed by atoms with E-state index in [1.54, 1.807) is 6.92 Å². The van der Waals surface area contributed by atoms with Crippen LogP contribution in [0.1, 0.15) is 13.8 Å². The molecule has 0 rings (SSSR count). The molecule has 0 aromatic rings. The second-order valence-corrected chi connectivity index (χ2v) is 2.43. The molecule has 0 aromatic heterocycles. The summed E-state index contributed by atoms with van der Waals surface area (Å²) >= 11 is 0. The zero-order valence-electron chi connectivity index (χ0n) is 7.08. The number of hydrogen-bond acceptors (Lipinski definition) is 3. The minimum atomic E-state index is -0.471. The van der Waals surface area contributed by atoms with Gasteiger partial charge in [-0.25, -0.2) is 0 Å². The van der Waals surface area contributed by atoms with Crippen molar-refractivity contribution in [3.8, 4) is 0 Å². The molecule has 0 radical (unpaired) electrons. The van der Waals surface area contributed by atoms with E-state index in [0.717, 1.165) is 0 Å². The van der Waals surface area contributed by atoms with Crippen molar-refractivity contribution in [3.63, 3.8) is 0 Å². The highest BCUT2D eigenvalue weighted by atomic mass is 16.3. The van der Waals surface area contributed by atoms with Crippen molar-refractivity contribution in [3.05, 3.63) is 0 Å². The van der Waals surface area contributed by atoms with Crippen molar-refractivity contribution in [2.24, 2.45) is 5.73 Å². The highest BCUT2D eigenvalue weighted by molar-refractivity contribution is 5.81. The number of likely N-dealkylation sites (N-methyl/N-ethyl adjacent to an activating group) is 1. The van der Waals surface area contributed by atoms with E-state index in [-0.39, 0.29) is 12.5 Å². The molecule has 3 N–H and O–H groups in total. The van der Waals surface area contributed by atoms with E-state index in [1.165, 1.54) is 4.90 Å². The molecule has 0 spiro atoms. The van der Waals surface area contributed by atoms with Crippen molar-refractivity contribution in [1.29, 1.82) is 0 Å². The van der Waals surface area contributed by atoms with Crippen LogP contribution in [0, 0.1) is 0 Å². The maximum atomic E-state index is 11.2. The predicted octanol–water partition coefficient (Wildman–Crippen LogP) is -0.826. The van der Waals surface area contributed by atoms with Crippen LogP contribution in [0.15, 0.2) is 0 Å². The van der Waals surface area contributed by atoms with Gasteiger partial charge in [0, 0.05) is 13.1 Å². The van der Waals surface area contributed by atoms with Crippen LogP contribution in [0.3, 0.4) is 0 Å². The molecule has 0 heterocycles. The summed E-state index contributed by atoms with van der Waals surface area (Å²) in [5.74, 6) is -0.110. The summed E-state index contributed by atoms with van der Waals surface area (Å²) in [6.45, 7) is 4.46. The maximum absolute atomic E-state index is 11.2. The smallest absolute Gasteiger partial charge is 0.239 e. The first kappa shape index (κ1) is 10.4. The molecular weight excluding hydrogens is 144 g/mol. The number of rotatable bonds is 4. The fourth-order valence-corrected chi connectivity index (χ4v) is 0.833. The first-order valence-corrected chi connectivity index (χ1v) is 3.78. The first-order chi connectivity index (χ1) is 5.13. The molecule has 0 fully saturated rings. The maximum Gasteiger partial charge on any atom is 0.239 e. The molecular formula is C7H16N2O2. The molecule has 4 heteroatoms. The van der Waals surface area contributed by atoms with Gasteiger partial charge in [0.15, 0.2) is 0 Å². The van der Waals surface area contributed by atoms with Crippen molar-refractivity contribution in [2.75, 3.05) is 19.7 Å². The van der Waals surface area contributed by atoms with E-state index in [2.05, 4.69) is 0 Å². The highest BCUT2D eigenvalue weighted by Gasteiger charge is 2.14. The van der Waals surface area contributed by atoms with Crippen molar-refractivity contribution in [2.45, 2.75) is 19.9 Å². The largest absolute Gasteiger partial charge is 0.395 e. The van der Waals surface area contributed by atoms with E-state index in [0.29, 0.717) is 13.1 Å². The Morgan fingerprint density at radius 2 is 2.27 bits per heavy atom. The predicted molar refractivity (Wildman–Crippen MR) is 43.0 cm³/mol. The van der Waals surface area contributed by atoms with Crippen molar-refractivity contribution >= 4 is 5.91 Å². The van der Waals surface area contributed by atoms with E-state index < -0.39 is 6.04 Å². The van der Waals surface area contributed by atoms with Crippen LogP contribution >= 0.6 is 0 Å². The lowest BCUT2D eigenvalue weighted by Crippen LogP contribution is -2.43. The highest BCUT2D eigenvalue weighted by Crippen LogP contribution is 1.91. The number of nitrogens with two attached hydrogens (primary N) is 1. The van der Waals surface area contributed by atoms with Gasteiger partial charge in [-0.05, 0) is 13.8 Å². The Balaban J connectivity index is 3.92. The SMILES string of the molecule is CCN(CCO)C(=O)[C@@H](C)N. The zero-order chi connectivity index (χ0) is 8.85. The fourth-order valence-electron chi connectivity index (χ4n) is 0.833. The van der Waals surface area contributed by atoms with Gasteiger partial charge in [0.05, 0.1) is 12.6 Å². The molecule has 1 atom stereocenters. The van der Waals surface area contributed by atoms with E-state index in [9.17, 15) is 4.79 Å². The third-order valence-electron chi connectivity index (χ3n) is 1.45. The van der Waals surface area contributed by atoms with Crippen LogP contribution in [-0.2, 0) is 4.79 Å².